The van der Waals surface area contributed by atoms with Gasteiger partial charge in [-0.3, -0.25) is 0 Å². The van der Waals surface area contributed by atoms with Crippen LogP contribution in [0.4, 0.5) is 0 Å². The van der Waals surface area contributed by atoms with E-state index in [0.717, 1.165) is 11.1 Å². The Hall–Kier alpha value is -3.13. The Morgan fingerprint density at radius 2 is 1.67 bits per heavy atom. The molecular formula is C19H20N4O3S. The number of methoxy groups -OCH3 is 3. The van der Waals surface area contributed by atoms with Gasteiger partial charge in [-0.2, -0.15) is 14.9 Å². The van der Waals surface area contributed by atoms with Crippen molar-refractivity contribution in [3.63, 3.8) is 0 Å². The Kier molecular flexibility index (Phi) is 5.56. The van der Waals surface area contributed by atoms with Crippen LogP contribution < -0.4 is 14.2 Å². The van der Waals surface area contributed by atoms with Crippen molar-refractivity contribution in [2.24, 2.45) is 5.10 Å². The monoisotopic (exact) mass is 384 g/mol. The van der Waals surface area contributed by atoms with Crippen molar-refractivity contribution in [2.75, 3.05) is 21.3 Å². The molecule has 0 bridgehead atoms. The summed E-state index contributed by atoms with van der Waals surface area (Å²) >= 11 is 5.31. The predicted molar refractivity (Wildman–Crippen MR) is 107 cm³/mol. The molecule has 3 aromatic rings. The summed E-state index contributed by atoms with van der Waals surface area (Å²) in [7, 11) is 4.70. The number of hydrogen-bond donors (Lipinski definition) is 1. The van der Waals surface area contributed by atoms with Crippen molar-refractivity contribution >= 4 is 18.4 Å². The number of nitrogens with one attached hydrogen (secondary N) is 1. The summed E-state index contributed by atoms with van der Waals surface area (Å²) in [6.07, 6.45) is 1.66. The van der Waals surface area contributed by atoms with Gasteiger partial charge in [0.2, 0.25) is 10.5 Å². The molecule has 8 heteroatoms. The maximum absolute atomic E-state index is 5.37. The molecule has 1 aromatic heterocycles. The lowest BCUT2D eigenvalue weighted by molar-refractivity contribution is 0.324. The van der Waals surface area contributed by atoms with Crippen molar-refractivity contribution in [3.05, 3.63) is 52.3 Å². The molecule has 0 fully saturated rings. The maximum atomic E-state index is 5.37. The molecule has 0 unspecified atom stereocenters. The molecule has 7 nitrogen and oxygen atoms in total. The van der Waals surface area contributed by atoms with Gasteiger partial charge in [0.05, 0.1) is 27.5 Å². The molecule has 3 rings (SSSR count). The second-order valence-electron chi connectivity index (χ2n) is 5.73. The van der Waals surface area contributed by atoms with Crippen LogP contribution in [0.1, 0.15) is 11.1 Å². The summed E-state index contributed by atoms with van der Waals surface area (Å²) < 4.78 is 18.1. The molecule has 27 heavy (non-hydrogen) atoms. The van der Waals surface area contributed by atoms with Crippen LogP contribution in [0.2, 0.25) is 0 Å². The first kappa shape index (κ1) is 18.7. The summed E-state index contributed by atoms with van der Waals surface area (Å²) in [6.45, 7) is 2.03. The highest BCUT2D eigenvalue weighted by atomic mass is 32.1. The second kappa shape index (κ2) is 8.05. The number of H-pyrrole nitrogens is 1. The molecule has 0 spiro atoms. The zero-order valence-corrected chi connectivity index (χ0v) is 16.3. The molecule has 1 heterocycles. The van der Waals surface area contributed by atoms with Crippen molar-refractivity contribution in [1.29, 1.82) is 0 Å². The molecule has 1 N–H and O–H groups in total. The smallest absolute Gasteiger partial charge is 0.216 e. The van der Waals surface area contributed by atoms with E-state index in [1.165, 1.54) is 5.56 Å². The van der Waals surface area contributed by atoms with Crippen LogP contribution in [0.5, 0.6) is 17.2 Å². The molecule has 0 atom stereocenters. The normalized spacial score (nSPS) is 11.0. The number of nitrogens with zero attached hydrogens (tertiary/aromatic N) is 3. The van der Waals surface area contributed by atoms with Gasteiger partial charge in [-0.1, -0.05) is 29.8 Å². The number of hydrogen-bond acceptors (Lipinski definition) is 6. The lowest BCUT2D eigenvalue weighted by Gasteiger charge is -2.12. The van der Waals surface area contributed by atoms with Gasteiger partial charge in [-0.25, -0.2) is 5.10 Å². The van der Waals surface area contributed by atoms with Crippen molar-refractivity contribution < 1.29 is 14.2 Å². The van der Waals surface area contributed by atoms with Crippen molar-refractivity contribution in [1.82, 2.24) is 14.9 Å². The number of aromatic nitrogens is 3. The molecule has 0 saturated heterocycles. The molecule has 0 aliphatic carbocycles. The van der Waals surface area contributed by atoms with Gasteiger partial charge in [0.1, 0.15) is 0 Å². The number of rotatable bonds is 6. The molecule has 0 saturated carbocycles. The van der Waals surface area contributed by atoms with Gasteiger partial charge < -0.3 is 14.2 Å². The highest BCUT2D eigenvalue weighted by Gasteiger charge is 2.13. The van der Waals surface area contributed by atoms with Crippen LogP contribution in [-0.2, 0) is 0 Å². The second-order valence-corrected chi connectivity index (χ2v) is 6.12. The minimum absolute atomic E-state index is 0.397. The molecule has 0 radical (unpaired) electrons. The molecule has 2 aromatic carbocycles. The Bertz CT molecular complexity index is 997. The molecule has 0 aliphatic heterocycles. The van der Waals surface area contributed by atoms with Crippen LogP contribution in [0, 0.1) is 11.7 Å². The third kappa shape index (κ3) is 3.85. The zero-order valence-electron chi connectivity index (χ0n) is 15.5. The summed E-state index contributed by atoms with van der Waals surface area (Å²) in [5, 5.41) is 11.6. The first-order chi connectivity index (χ1) is 13.1. The summed E-state index contributed by atoms with van der Waals surface area (Å²) in [5.74, 6) is 2.25. The average Bonchev–Trinajstić information content (AvgIpc) is 3.06. The van der Waals surface area contributed by atoms with E-state index in [0.29, 0.717) is 27.8 Å². The Morgan fingerprint density at radius 1 is 1.04 bits per heavy atom. The van der Waals surface area contributed by atoms with Crippen molar-refractivity contribution in [2.45, 2.75) is 6.92 Å². The third-order valence-corrected chi connectivity index (χ3v) is 4.23. The Balaban J connectivity index is 2.01. The van der Waals surface area contributed by atoms with Crippen LogP contribution in [0.25, 0.3) is 11.4 Å². The standard InChI is InChI=1S/C19H20N4O3S/c1-12-5-7-14(8-6-12)18-21-22-19(27)23(18)20-11-13-9-15(24-2)17(26-4)16(10-13)25-3/h5-11H,1-4H3,(H,22,27)/b20-11-. The van der Waals surface area contributed by atoms with E-state index >= 15 is 0 Å². The Labute approximate surface area is 162 Å². The topological polar surface area (TPSA) is 73.7 Å². The number of aromatic amines is 1. The highest BCUT2D eigenvalue weighted by Crippen LogP contribution is 2.37. The van der Waals surface area contributed by atoms with E-state index in [1.54, 1.807) is 44.4 Å². The lowest BCUT2D eigenvalue weighted by Crippen LogP contribution is -1.98. The molecule has 140 valence electrons. The highest BCUT2D eigenvalue weighted by molar-refractivity contribution is 7.71. The van der Waals surface area contributed by atoms with Gasteiger partial charge in [0.25, 0.3) is 0 Å². The van der Waals surface area contributed by atoms with Crippen LogP contribution in [0.15, 0.2) is 41.5 Å². The number of ether oxygens (including phenoxy) is 3. The summed E-state index contributed by atoms with van der Waals surface area (Å²) in [4.78, 5) is 0. The van der Waals surface area contributed by atoms with E-state index in [9.17, 15) is 0 Å². The van der Waals surface area contributed by atoms with Gasteiger partial charge in [-0.05, 0) is 31.3 Å². The van der Waals surface area contributed by atoms with Gasteiger partial charge in [-0.15, -0.1) is 0 Å². The fraction of sp³-hybridized carbons (Fsp3) is 0.211. The summed E-state index contributed by atoms with van der Waals surface area (Å²) in [5.41, 5.74) is 2.85. The quantitative estimate of drug-likeness (QED) is 0.517. The van der Waals surface area contributed by atoms with Gasteiger partial charge in [0, 0.05) is 11.1 Å². The molecular weight excluding hydrogens is 364 g/mol. The van der Waals surface area contributed by atoms with E-state index in [1.807, 2.05) is 31.2 Å². The van der Waals surface area contributed by atoms with Crippen LogP contribution >= 0.6 is 12.2 Å². The minimum Gasteiger partial charge on any atom is -0.493 e. The van der Waals surface area contributed by atoms with Crippen LogP contribution in [-0.4, -0.2) is 42.4 Å². The first-order valence-electron chi connectivity index (χ1n) is 8.16. The number of aryl methyl sites for hydroxylation is 1. The molecule has 0 aliphatic rings. The van der Waals surface area contributed by atoms with Crippen LogP contribution in [0.3, 0.4) is 0 Å². The largest absolute Gasteiger partial charge is 0.493 e. The Morgan fingerprint density at radius 3 is 2.22 bits per heavy atom. The fourth-order valence-electron chi connectivity index (χ4n) is 2.59. The molecule has 0 amide bonds. The van der Waals surface area contributed by atoms with Gasteiger partial charge >= 0.3 is 0 Å². The first-order valence-corrected chi connectivity index (χ1v) is 8.57. The third-order valence-electron chi connectivity index (χ3n) is 3.97. The van der Waals surface area contributed by atoms with E-state index in [2.05, 4.69) is 15.3 Å². The fourth-order valence-corrected chi connectivity index (χ4v) is 2.77. The maximum Gasteiger partial charge on any atom is 0.216 e. The lowest BCUT2D eigenvalue weighted by atomic mass is 10.1. The number of benzene rings is 2. The van der Waals surface area contributed by atoms with Crippen molar-refractivity contribution in [3.8, 4) is 28.6 Å². The predicted octanol–water partition coefficient (Wildman–Crippen LogP) is 3.82. The SMILES string of the molecule is COc1cc(/C=N\n2c(-c3ccc(C)cc3)n[nH]c2=S)cc(OC)c1OC. The van der Waals surface area contributed by atoms with Gasteiger partial charge in [0.15, 0.2) is 17.3 Å². The van der Waals surface area contributed by atoms with E-state index in [4.69, 9.17) is 26.4 Å². The zero-order chi connectivity index (χ0) is 19.4. The summed E-state index contributed by atoms with van der Waals surface area (Å²) in [6, 6.07) is 11.6. The van der Waals surface area contributed by atoms with E-state index < -0.39 is 0 Å². The van der Waals surface area contributed by atoms with E-state index in [-0.39, 0.29) is 0 Å². The minimum atomic E-state index is 0.397. The average molecular weight is 384 g/mol.